The van der Waals surface area contributed by atoms with E-state index in [2.05, 4.69) is 10.4 Å². The molecule has 0 spiro atoms. The van der Waals surface area contributed by atoms with E-state index >= 15 is 4.39 Å². The first-order chi connectivity index (χ1) is 8.58. The zero-order valence-corrected chi connectivity index (χ0v) is 11.4. The highest BCUT2D eigenvalue weighted by Crippen LogP contribution is 2.41. The zero-order valence-electron chi connectivity index (χ0n) is 11.4. The predicted molar refractivity (Wildman–Crippen MR) is 68.7 cm³/mol. The fraction of sp³-hybridized carbons (Fsp3) is 0.769. The van der Waals surface area contributed by atoms with Crippen LogP contribution in [0.4, 0.5) is 4.39 Å². The van der Waals surface area contributed by atoms with Gasteiger partial charge in [0.05, 0.1) is 13.3 Å². The average molecular weight is 255 g/mol. The molecule has 1 unspecified atom stereocenters. The molecule has 0 aliphatic carbocycles. The Balaban J connectivity index is 2.43. The lowest BCUT2D eigenvalue weighted by Crippen LogP contribution is -2.27. The quantitative estimate of drug-likeness (QED) is 0.901. The summed E-state index contributed by atoms with van der Waals surface area (Å²) < 4.78 is 22.3. The van der Waals surface area contributed by atoms with Crippen LogP contribution in [0.3, 0.4) is 0 Å². The Morgan fingerprint density at radius 1 is 1.44 bits per heavy atom. The molecular formula is C13H22FN3O. The van der Waals surface area contributed by atoms with Crippen molar-refractivity contribution in [1.29, 1.82) is 0 Å². The zero-order chi connectivity index (χ0) is 13.2. The molecule has 4 nitrogen and oxygen atoms in total. The Morgan fingerprint density at radius 2 is 2.22 bits per heavy atom. The van der Waals surface area contributed by atoms with Crippen LogP contribution in [-0.2, 0) is 5.67 Å². The largest absolute Gasteiger partial charge is 0.493 e. The second kappa shape index (κ2) is 5.26. The third-order valence-corrected chi connectivity index (χ3v) is 3.52. The number of alkyl halides is 1. The Hall–Kier alpha value is -1.10. The standard InChI is InChI=1S/C13H22FN3O/c1-10(2)17-12(11(18-3)9-16-17)13(14)5-4-7-15-8-6-13/h9-10,15H,4-8H2,1-3H3. The highest BCUT2D eigenvalue weighted by atomic mass is 19.1. The summed E-state index contributed by atoms with van der Waals surface area (Å²) in [6.45, 7) is 5.59. The number of aromatic nitrogens is 2. The minimum Gasteiger partial charge on any atom is -0.493 e. The summed E-state index contributed by atoms with van der Waals surface area (Å²) in [6.07, 6.45) is 3.45. The summed E-state index contributed by atoms with van der Waals surface area (Å²) >= 11 is 0. The van der Waals surface area contributed by atoms with Gasteiger partial charge in [-0.15, -0.1) is 0 Å². The molecule has 1 aromatic rings. The first-order valence-electron chi connectivity index (χ1n) is 6.60. The average Bonchev–Trinajstić information content (AvgIpc) is 2.67. The first kappa shape index (κ1) is 13.3. The van der Waals surface area contributed by atoms with Gasteiger partial charge >= 0.3 is 0 Å². The van der Waals surface area contributed by atoms with Gasteiger partial charge in [-0.05, 0) is 46.2 Å². The highest BCUT2D eigenvalue weighted by molar-refractivity contribution is 5.31. The molecule has 0 aromatic carbocycles. The molecule has 1 fully saturated rings. The summed E-state index contributed by atoms with van der Waals surface area (Å²) in [5.74, 6) is 0.563. The number of ether oxygens (including phenoxy) is 1. The molecule has 0 saturated carbocycles. The molecule has 1 aliphatic rings. The Labute approximate surface area is 108 Å². The minimum absolute atomic E-state index is 0.132. The molecule has 1 aliphatic heterocycles. The van der Waals surface area contributed by atoms with Gasteiger partial charge in [0.1, 0.15) is 5.69 Å². The van der Waals surface area contributed by atoms with Gasteiger partial charge in [0, 0.05) is 6.04 Å². The van der Waals surface area contributed by atoms with Crippen LogP contribution in [0.25, 0.3) is 0 Å². The SMILES string of the molecule is COc1cnn(C(C)C)c1C1(F)CCCNCC1. The van der Waals surface area contributed by atoms with Gasteiger partial charge in [-0.3, -0.25) is 4.68 Å². The molecule has 1 saturated heterocycles. The van der Waals surface area contributed by atoms with E-state index < -0.39 is 5.67 Å². The summed E-state index contributed by atoms with van der Waals surface area (Å²) in [7, 11) is 1.57. The van der Waals surface area contributed by atoms with E-state index in [9.17, 15) is 0 Å². The van der Waals surface area contributed by atoms with Gasteiger partial charge in [-0.25, -0.2) is 4.39 Å². The van der Waals surface area contributed by atoms with E-state index in [1.807, 2.05) is 13.8 Å². The van der Waals surface area contributed by atoms with E-state index in [1.165, 1.54) is 0 Å². The lowest BCUT2D eigenvalue weighted by atomic mass is 9.92. The van der Waals surface area contributed by atoms with Crippen LogP contribution >= 0.6 is 0 Å². The van der Waals surface area contributed by atoms with Gasteiger partial charge in [-0.2, -0.15) is 5.10 Å². The van der Waals surface area contributed by atoms with Crippen molar-refractivity contribution >= 4 is 0 Å². The predicted octanol–water partition coefficient (Wildman–Crippen LogP) is 2.41. The molecule has 2 heterocycles. The Bertz CT molecular complexity index is 395. The van der Waals surface area contributed by atoms with Crippen molar-refractivity contribution in [2.45, 2.75) is 44.8 Å². The van der Waals surface area contributed by atoms with Gasteiger partial charge in [0.15, 0.2) is 11.4 Å². The Kier molecular flexibility index (Phi) is 3.90. The summed E-state index contributed by atoms with van der Waals surface area (Å²) in [5, 5.41) is 7.51. The number of hydrogen-bond acceptors (Lipinski definition) is 3. The molecule has 102 valence electrons. The number of hydrogen-bond donors (Lipinski definition) is 1. The molecule has 1 aromatic heterocycles. The summed E-state index contributed by atoms with van der Waals surface area (Å²) in [5.41, 5.74) is -0.737. The van der Waals surface area contributed by atoms with Gasteiger partial charge in [-0.1, -0.05) is 0 Å². The van der Waals surface area contributed by atoms with E-state index in [1.54, 1.807) is 18.0 Å². The maximum atomic E-state index is 15.3. The number of nitrogens with one attached hydrogen (secondary N) is 1. The van der Waals surface area contributed by atoms with E-state index in [0.717, 1.165) is 13.0 Å². The van der Waals surface area contributed by atoms with Crippen molar-refractivity contribution in [1.82, 2.24) is 15.1 Å². The third kappa shape index (κ3) is 2.36. The topological polar surface area (TPSA) is 39.1 Å². The smallest absolute Gasteiger partial charge is 0.163 e. The molecular weight excluding hydrogens is 233 g/mol. The molecule has 0 radical (unpaired) electrons. The lowest BCUT2D eigenvalue weighted by molar-refractivity contribution is 0.124. The summed E-state index contributed by atoms with van der Waals surface area (Å²) in [6, 6.07) is 0.132. The van der Waals surface area contributed by atoms with Gasteiger partial charge < -0.3 is 10.1 Å². The highest BCUT2D eigenvalue weighted by Gasteiger charge is 2.39. The molecule has 2 rings (SSSR count). The van der Waals surface area contributed by atoms with Crippen LogP contribution in [0.2, 0.25) is 0 Å². The van der Waals surface area contributed by atoms with E-state index in [0.29, 0.717) is 30.8 Å². The molecule has 5 heteroatoms. The van der Waals surface area contributed by atoms with Gasteiger partial charge in [0.2, 0.25) is 0 Å². The molecule has 1 N–H and O–H groups in total. The van der Waals surface area contributed by atoms with Crippen molar-refractivity contribution in [2.24, 2.45) is 0 Å². The fourth-order valence-corrected chi connectivity index (χ4v) is 2.58. The third-order valence-electron chi connectivity index (χ3n) is 3.52. The van der Waals surface area contributed by atoms with Gasteiger partial charge in [0.25, 0.3) is 0 Å². The van der Waals surface area contributed by atoms with Crippen molar-refractivity contribution < 1.29 is 9.13 Å². The maximum absolute atomic E-state index is 15.3. The second-order valence-corrected chi connectivity index (χ2v) is 5.17. The van der Waals surface area contributed by atoms with Crippen molar-refractivity contribution in [3.63, 3.8) is 0 Å². The van der Waals surface area contributed by atoms with Crippen LogP contribution in [0.15, 0.2) is 6.20 Å². The lowest BCUT2D eigenvalue weighted by Gasteiger charge is -2.26. The second-order valence-electron chi connectivity index (χ2n) is 5.17. The number of rotatable bonds is 3. The molecule has 1 atom stereocenters. The van der Waals surface area contributed by atoms with Crippen LogP contribution in [0.5, 0.6) is 5.75 Å². The van der Waals surface area contributed by atoms with Crippen molar-refractivity contribution in [2.75, 3.05) is 20.2 Å². The van der Waals surface area contributed by atoms with Crippen LogP contribution in [-0.4, -0.2) is 30.0 Å². The number of methoxy groups -OCH3 is 1. The van der Waals surface area contributed by atoms with Crippen LogP contribution in [0, 0.1) is 0 Å². The maximum Gasteiger partial charge on any atom is 0.163 e. The Morgan fingerprint density at radius 3 is 2.89 bits per heavy atom. The summed E-state index contributed by atoms with van der Waals surface area (Å²) in [4.78, 5) is 0. The normalized spacial score (nSPS) is 25.2. The van der Waals surface area contributed by atoms with Crippen molar-refractivity contribution in [3.05, 3.63) is 11.9 Å². The first-order valence-corrected chi connectivity index (χ1v) is 6.60. The molecule has 0 amide bonds. The minimum atomic E-state index is -1.34. The van der Waals surface area contributed by atoms with Crippen LogP contribution in [0.1, 0.15) is 44.8 Å². The van der Waals surface area contributed by atoms with E-state index in [-0.39, 0.29) is 6.04 Å². The number of halogens is 1. The fourth-order valence-electron chi connectivity index (χ4n) is 2.58. The van der Waals surface area contributed by atoms with Crippen molar-refractivity contribution in [3.8, 4) is 5.75 Å². The molecule has 0 bridgehead atoms. The number of nitrogens with zero attached hydrogens (tertiary/aromatic N) is 2. The molecule has 18 heavy (non-hydrogen) atoms. The monoisotopic (exact) mass is 255 g/mol. The van der Waals surface area contributed by atoms with E-state index in [4.69, 9.17) is 4.74 Å². The van der Waals surface area contributed by atoms with Crippen LogP contribution < -0.4 is 10.1 Å².